The Morgan fingerprint density at radius 2 is 1.97 bits per heavy atom. The van der Waals surface area contributed by atoms with Crippen molar-refractivity contribution in [2.24, 2.45) is 17.8 Å². The van der Waals surface area contributed by atoms with Gasteiger partial charge in [-0.1, -0.05) is 13.8 Å². The number of hydrogen-bond acceptors (Lipinski definition) is 8. The van der Waals surface area contributed by atoms with Crippen molar-refractivity contribution in [3.63, 3.8) is 0 Å². The van der Waals surface area contributed by atoms with E-state index in [-0.39, 0.29) is 48.0 Å². The number of methoxy groups -OCH3 is 1. The van der Waals surface area contributed by atoms with Crippen LogP contribution in [0.25, 0.3) is 0 Å². The predicted molar refractivity (Wildman–Crippen MR) is 106 cm³/mol. The number of esters is 2. The normalized spacial score (nSPS) is 48.6. The summed E-state index contributed by atoms with van der Waals surface area (Å²) in [6.45, 7) is 6.72. The fourth-order valence-electron chi connectivity index (χ4n) is 6.95. The first kappa shape index (κ1) is 19.6. The van der Waals surface area contributed by atoms with E-state index in [0.29, 0.717) is 22.9 Å². The van der Waals surface area contributed by atoms with Gasteiger partial charge in [0.25, 0.3) is 0 Å². The molecule has 0 spiro atoms. The molecule has 5 saturated heterocycles. The van der Waals surface area contributed by atoms with Gasteiger partial charge in [0.15, 0.2) is 5.76 Å². The van der Waals surface area contributed by atoms with Crippen LogP contribution in [0, 0.1) is 17.8 Å². The van der Waals surface area contributed by atoms with Gasteiger partial charge in [-0.15, -0.1) is 0 Å². The van der Waals surface area contributed by atoms with E-state index in [0.717, 1.165) is 32.2 Å². The molecule has 3 bridgehead atoms. The SMILES string of the molecule is COC1=C(C)C(=O)OC1=C1O[C@]23CCCN4[C@H]([C@@H]5C[C@H](C)C(=O)O5)[C@H](C[C@H]4[C@H]2[C@@H]1C)O3. The average molecular weight is 431 g/mol. The van der Waals surface area contributed by atoms with E-state index in [2.05, 4.69) is 11.8 Å². The number of carbonyl (C=O) groups is 2. The molecule has 0 aromatic heterocycles. The second kappa shape index (κ2) is 6.48. The molecule has 0 amide bonds. The van der Waals surface area contributed by atoms with Crippen molar-refractivity contribution in [1.82, 2.24) is 4.90 Å². The van der Waals surface area contributed by atoms with Crippen LogP contribution in [-0.4, -0.2) is 60.6 Å². The first-order valence-electron chi connectivity index (χ1n) is 11.4. The van der Waals surface area contributed by atoms with Crippen LogP contribution in [0.2, 0.25) is 0 Å². The lowest BCUT2D eigenvalue weighted by atomic mass is 9.78. The van der Waals surface area contributed by atoms with Crippen molar-refractivity contribution < 1.29 is 33.3 Å². The highest BCUT2D eigenvalue weighted by Crippen LogP contribution is 2.60. The van der Waals surface area contributed by atoms with Crippen LogP contribution in [0.1, 0.15) is 46.5 Å². The third-order valence-electron chi connectivity index (χ3n) is 8.23. The van der Waals surface area contributed by atoms with Gasteiger partial charge in [0.1, 0.15) is 11.9 Å². The Balaban J connectivity index is 1.37. The monoisotopic (exact) mass is 431 g/mol. The molecule has 31 heavy (non-hydrogen) atoms. The zero-order valence-electron chi connectivity index (χ0n) is 18.4. The number of allylic oxidation sites excluding steroid dienone is 1. The quantitative estimate of drug-likeness (QED) is 0.616. The van der Waals surface area contributed by atoms with Crippen LogP contribution in [0.15, 0.2) is 22.9 Å². The summed E-state index contributed by atoms with van der Waals surface area (Å²) in [6, 6.07) is 0.358. The number of rotatable bonds is 2. The van der Waals surface area contributed by atoms with Gasteiger partial charge in [0, 0.05) is 24.3 Å². The Bertz CT molecular complexity index is 925. The summed E-state index contributed by atoms with van der Waals surface area (Å²) in [5, 5.41) is 0. The zero-order chi connectivity index (χ0) is 21.7. The standard InChI is InChI=1S/C23H29NO7/c1-10-8-14(28-21(10)25)17-15-9-13-16-11(2)19(20-18(27-4)12(3)22(26)29-20)31-23(16,30-15)6-5-7-24(13)17/h10-11,13-17H,5-9H2,1-4H3/t10-,11-,13-,14-,15-,16+,17+,23+/m0/s1. The van der Waals surface area contributed by atoms with E-state index in [1.54, 1.807) is 14.0 Å². The molecular weight excluding hydrogens is 402 g/mol. The van der Waals surface area contributed by atoms with Crippen molar-refractivity contribution >= 4 is 11.9 Å². The van der Waals surface area contributed by atoms with Crippen LogP contribution in [0.3, 0.4) is 0 Å². The molecular formula is C23H29NO7. The van der Waals surface area contributed by atoms with Crippen LogP contribution in [0.4, 0.5) is 0 Å². The third kappa shape index (κ3) is 2.49. The van der Waals surface area contributed by atoms with Crippen molar-refractivity contribution in [2.75, 3.05) is 13.7 Å². The van der Waals surface area contributed by atoms with E-state index in [1.807, 2.05) is 6.92 Å². The second-order valence-corrected chi connectivity index (χ2v) is 9.87. The van der Waals surface area contributed by atoms with E-state index in [1.165, 1.54) is 0 Å². The highest BCUT2D eigenvalue weighted by molar-refractivity contribution is 5.93. The van der Waals surface area contributed by atoms with Crippen molar-refractivity contribution in [3.05, 3.63) is 22.9 Å². The van der Waals surface area contributed by atoms with Crippen LogP contribution in [-0.2, 0) is 33.3 Å². The number of cyclic esters (lactones) is 2. The molecule has 0 aliphatic carbocycles. The number of carbonyl (C=O) groups excluding carboxylic acids is 2. The van der Waals surface area contributed by atoms with E-state index in [9.17, 15) is 9.59 Å². The highest BCUT2D eigenvalue weighted by atomic mass is 16.7. The summed E-state index contributed by atoms with van der Waals surface area (Å²) < 4.78 is 30.2. The lowest BCUT2D eigenvalue weighted by molar-refractivity contribution is -0.266. The van der Waals surface area contributed by atoms with Gasteiger partial charge in [-0.2, -0.15) is 0 Å². The minimum absolute atomic E-state index is 0.00852. The van der Waals surface area contributed by atoms with Crippen LogP contribution >= 0.6 is 0 Å². The molecule has 168 valence electrons. The molecule has 6 aliphatic rings. The molecule has 0 radical (unpaired) electrons. The Morgan fingerprint density at radius 3 is 2.68 bits per heavy atom. The summed E-state index contributed by atoms with van der Waals surface area (Å²) >= 11 is 0. The molecule has 0 aromatic rings. The molecule has 0 aromatic carbocycles. The maximum atomic E-state index is 12.2. The predicted octanol–water partition coefficient (Wildman–Crippen LogP) is 2.24. The number of fused-ring (bicyclic) bond motifs is 1. The largest absolute Gasteiger partial charge is 0.492 e. The molecule has 0 saturated carbocycles. The highest BCUT2D eigenvalue weighted by Gasteiger charge is 2.68. The number of nitrogens with zero attached hydrogens (tertiary/aromatic N) is 1. The smallest absolute Gasteiger partial charge is 0.343 e. The van der Waals surface area contributed by atoms with Crippen LogP contribution < -0.4 is 0 Å². The number of ether oxygens (including phenoxy) is 5. The first-order chi connectivity index (χ1) is 14.8. The first-order valence-corrected chi connectivity index (χ1v) is 11.4. The maximum absolute atomic E-state index is 12.2. The fourth-order valence-corrected chi connectivity index (χ4v) is 6.95. The van der Waals surface area contributed by atoms with Gasteiger partial charge >= 0.3 is 11.9 Å². The van der Waals surface area contributed by atoms with Gasteiger partial charge in [-0.05, 0) is 32.7 Å². The Labute approximate surface area is 181 Å². The average Bonchev–Trinajstić information content (AvgIpc) is 3.37. The third-order valence-corrected chi connectivity index (χ3v) is 8.23. The molecule has 6 rings (SSSR count). The second-order valence-electron chi connectivity index (χ2n) is 9.87. The van der Waals surface area contributed by atoms with Crippen LogP contribution in [0.5, 0.6) is 0 Å². The molecule has 8 atom stereocenters. The van der Waals surface area contributed by atoms with E-state index in [4.69, 9.17) is 23.7 Å². The Morgan fingerprint density at radius 1 is 1.16 bits per heavy atom. The van der Waals surface area contributed by atoms with Crippen molar-refractivity contribution in [1.29, 1.82) is 0 Å². The van der Waals surface area contributed by atoms with Gasteiger partial charge in [-0.3, -0.25) is 9.69 Å². The molecule has 0 N–H and O–H groups in total. The molecule has 6 heterocycles. The summed E-state index contributed by atoms with van der Waals surface area (Å²) in [5.41, 5.74) is 0.457. The summed E-state index contributed by atoms with van der Waals surface area (Å²) in [7, 11) is 1.54. The summed E-state index contributed by atoms with van der Waals surface area (Å²) in [6.07, 6.45) is 3.21. The molecule has 6 aliphatic heterocycles. The fraction of sp³-hybridized carbons (Fsp3) is 0.739. The Hall–Kier alpha value is -2.06. The minimum atomic E-state index is -0.741. The van der Waals surface area contributed by atoms with Gasteiger partial charge in [-0.25, -0.2) is 4.79 Å². The maximum Gasteiger partial charge on any atom is 0.343 e. The van der Waals surface area contributed by atoms with Gasteiger partial charge in [0.05, 0.1) is 30.7 Å². The minimum Gasteiger partial charge on any atom is -0.492 e. The lowest BCUT2D eigenvalue weighted by Gasteiger charge is -2.41. The van der Waals surface area contributed by atoms with Crippen molar-refractivity contribution in [2.45, 2.75) is 76.5 Å². The Kier molecular flexibility index (Phi) is 4.10. The molecule has 0 unspecified atom stereocenters. The zero-order valence-corrected chi connectivity index (χ0v) is 18.4. The summed E-state index contributed by atoms with van der Waals surface area (Å²) in [4.78, 5) is 26.8. The molecule has 8 nitrogen and oxygen atoms in total. The van der Waals surface area contributed by atoms with E-state index < -0.39 is 11.8 Å². The van der Waals surface area contributed by atoms with Gasteiger partial charge < -0.3 is 23.7 Å². The topological polar surface area (TPSA) is 83.5 Å². The molecule has 8 heteroatoms. The summed E-state index contributed by atoms with van der Waals surface area (Å²) in [5.74, 6) is 0.320. The number of hydrogen-bond donors (Lipinski definition) is 0. The van der Waals surface area contributed by atoms with Gasteiger partial charge in [0.2, 0.25) is 11.5 Å². The van der Waals surface area contributed by atoms with Crippen molar-refractivity contribution in [3.8, 4) is 0 Å². The lowest BCUT2D eigenvalue weighted by Crippen LogP contribution is -2.51. The molecule has 5 fully saturated rings. The van der Waals surface area contributed by atoms with E-state index >= 15 is 0 Å².